The summed E-state index contributed by atoms with van der Waals surface area (Å²) in [5, 5.41) is 6.84. The zero-order chi connectivity index (χ0) is 22.1. The van der Waals surface area contributed by atoms with Gasteiger partial charge >= 0.3 is 0 Å². The molecule has 0 aromatic heterocycles. The van der Waals surface area contributed by atoms with Gasteiger partial charge in [-0.15, -0.1) is 0 Å². The van der Waals surface area contributed by atoms with Crippen LogP contribution in [-0.2, 0) is 14.4 Å². The highest BCUT2D eigenvalue weighted by Crippen LogP contribution is 2.52. The van der Waals surface area contributed by atoms with Crippen LogP contribution in [0, 0.1) is 23.7 Å². The number of carbonyl (C=O) groups is 2. The lowest BCUT2D eigenvalue weighted by molar-refractivity contribution is -0.190. The SMILES string of the molecule is Nc1cccc2c(NCCCCCCCON3C(=O)C4C5C=CC(C5)C4C3=O)cccc12. The normalized spacial score (nSPS) is 25.8. The van der Waals surface area contributed by atoms with Crippen LogP contribution in [0.3, 0.4) is 0 Å². The Morgan fingerprint density at radius 1 is 0.875 bits per heavy atom. The molecule has 6 heteroatoms. The number of imide groups is 1. The maximum absolute atomic E-state index is 12.6. The van der Waals surface area contributed by atoms with Crippen molar-refractivity contribution in [2.24, 2.45) is 23.7 Å². The summed E-state index contributed by atoms with van der Waals surface area (Å²) >= 11 is 0. The molecule has 2 fully saturated rings. The molecule has 168 valence electrons. The van der Waals surface area contributed by atoms with Crippen LogP contribution in [-0.4, -0.2) is 30.0 Å². The number of carbonyl (C=O) groups excluding carboxylic acids is 2. The van der Waals surface area contributed by atoms with Gasteiger partial charge in [0, 0.05) is 28.7 Å². The molecule has 2 aromatic carbocycles. The fourth-order valence-electron chi connectivity index (χ4n) is 5.63. The summed E-state index contributed by atoms with van der Waals surface area (Å²) in [6.07, 6.45) is 10.4. The van der Waals surface area contributed by atoms with Crippen LogP contribution >= 0.6 is 0 Å². The Morgan fingerprint density at radius 3 is 2.31 bits per heavy atom. The van der Waals surface area contributed by atoms with Crippen LogP contribution in [0.5, 0.6) is 0 Å². The molecule has 4 unspecified atom stereocenters. The molecule has 2 amide bonds. The van der Waals surface area contributed by atoms with Gasteiger partial charge in [-0.1, -0.05) is 55.7 Å². The molecule has 4 atom stereocenters. The number of amides is 2. The van der Waals surface area contributed by atoms with Crippen LogP contribution in [0.1, 0.15) is 38.5 Å². The molecule has 0 spiro atoms. The summed E-state index contributed by atoms with van der Waals surface area (Å²) in [5.74, 6) is -0.146. The highest BCUT2D eigenvalue weighted by molar-refractivity contribution is 6.05. The number of allylic oxidation sites excluding steroid dienone is 2. The number of unbranched alkanes of at least 4 members (excludes halogenated alkanes) is 4. The van der Waals surface area contributed by atoms with Gasteiger partial charge in [-0.25, -0.2) is 0 Å². The molecule has 2 aromatic rings. The second-order valence-corrected chi connectivity index (χ2v) is 9.25. The Bertz CT molecular complexity index is 1020. The number of hydrogen-bond donors (Lipinski definition) is 2. The molecule has 32 heavy (non-hydrogen) atoms. The number of hydrogen-bond acceptors (Lipinski definition) is 5. The van der Waals surface area contributed by atoms with Crippen LogP contribution in [0.2, 0.25) is 0 Å². The molecule has 1 aliphatic heterocycles. The minimum atomic E-state index is -0.178. The number of anilines is 2. The summed E-state index contributed by atoms with van der Waals surface area (Å²) in [7, 11) is 0. The molecule has 6 nitrogen and oxygen atoms in total. The molecule has 1 saturated heterocycles. The Hall–Kier alpha value is -2.86. The van der Waals surface area contributed by atoms with E-state index in [4.69, 9.17) is 10.6 Å². The monoisotopic (exact) mass is 433 g/mol. The van der Waals surface area contributed by atoms with E-state index in [1.165, 1.54) is 0 Å². The zero-order valence-corrected chi connectivity index (χ0v) is 18.3. The van der Waals surface area contributed by atoms with Gasteiger partial charge in [-0.05, 0) is 43.2 Å². The molecule has 2 bridgehead atoms. The molecular weight excluding hydrogens is 402 g/mol. The summed E-state index contributed by atoms with van der Waals surface area (Å²) < 4.78 is 0. The quantitative estimate of drug-likeness (QED) is 0.249. The van der Waals surface area contributed by atoms with E-state index < -0.39 is 0 Å². The minimum Gasteiger partial charge on any atom is -0.398 e. The summed E-state index contributed by atoms with van der Waals surface area (Å²) in [6, 6.07) is 12.2. The van der Waals surface area contributed by atoms with Crippen LogP contribution in [0.15, 0.2) is 48.6 Å². The third kappa shape index (κ3) is 3.77. The molecular formula is C26H31N3O3. The zero-order valence-electron chi connectivity index (χ0n) is 18.3. The Morgan fingerprint density at radius 2 is 1.53 bits per heavy atom. The lowest BCUT2D eigenvalue weighted by Gasteiger charge is -2.16. The first-order valence-electron chi connectivity index (χ1n) is 11.9. The van der Waals surface area contributed by atoms with E-state index in [1.54, 1.807) is 0 Å². The first-order chi connectivity index (χ1) is 15.6. The number of nitrogens with two attached hydrogens (primary N) is 1. The van der Waals surface area contributed by atoms with E-state index in [0.717, 1.165) is 72.3 Å². The number of nitrogen functional groups attached to an aromatic ring is 1. The number of hydroxylamine groups is 2. The second-order valence-electron chi connectivity index (χ2n) is 9.25. The van der Waals surface area contributed by atoms with Gasteiger partial charge in [0.25, 0.3) is 11.8 Å². The van der Waals surface area contributed by atoms with Crippen molar-refractivity contribution in [2.75, 3.05) is 24.2 Å². The molecule has 0 radical (unpaired) electrons. The van der Waals surface area contributed by atoms with E-state index in [9.17, 15) is 9.59 Å². The first-order valence-corrected chi connectivity index (χ1v) is 11.9. The second kappa shape index (κ2) is 8.94. The largest absolute Gasteiger partial charge is 0.398 e. The summed E-state index contributed by atoms with van der Waals surface area (Å²) in [5.41, 5.74) is 8.00. The smallest absolute Gasteiger partial charge is 0.258 e. The predicted molar refractivity (Wildman–Crippen MR) is 125 cm³/mol. The van der Waals surface area contributed by atoms with Gasteiger partial charge in [-0.3, -0.25) is 14.4 Å². The third-order valence-electron chi connectivity index (χ3n) is 7.24. The van der Waals surface area contributed by atoms with Crippen molar-refractivity contribution in [2.45, 2.75) is 38.5 Å². The number of nitrogens with one attached hydrogen (secondary N) is 1. The number of rotatable bonds is 10. The maximum Gasteiger partial charge on any atom is 0.258 e. The molecule has 1 saturated carbocycles. The Kier molecular flexibility index (Phi) is 5.87. The number of fused-ring (bicyclic) bond motifs is 6. The van der Waals surface area contributed by atoms with Crippen molar-refractivity contribution in [1.82, 2.24) is 5.06 Å². The average molecular weight is 434 g/mol. The standard InChI is InChI=1S/C26H31N3O3/c27-21-10-6-9-20-19(21)8-7-11-22(20)28-14-4-2-1-3-5-15-32-29-25(30)23-17-12-13-18(16-17)24(23)26(29)31/h6-13,17-18,23-24,28H,1-5,14-16,27H2. The van der Waals surface area contributed by atoms with Crippen molar-refractivity contribution in [3.63, 3.8) is 0 Å². The minimum absolute atomic E-state index is 0.127. The third-order valence-corrected chi connectivity index (χ3v) is 7.24. The molecule has 3 N–H and O–H groups in total. The van der Waals surface area contributed by atoms with E-state index in [-0.39, 0.29) is 35.5 Å². The van der Waals surface area contributed by atoms with E-state index in [2.05, 4.69) is 35.7 Å². The lowest BCUT2D eigenvalue weighted by Crippen LogP contribution is -2.33. The topological polar surface area (TPSA) is 84.7 Å². The van der Waals surface area contributed by atoms with Crippen molar-refractivity contribution in [1.29, 1.82) is 0 Å². The lowest BCUT2D eigenvalue weighted by atomic mass is 9.85. The highest BCUT2D eigenvalue weighted by Gasteiger charge is 2.60. The fraction of sp³-hybridized carbons (Fsp3) is 0.462. The van der Waals surface area contributed by atoms with E-state index in [1.807, 2.05) is 18.2 Å². The first kappa shape index (κ1) is 21.0. The van der Waals surface area contributed by atoms with Crippen molar-refractivity contribution in [3.8, 4) is 0 Å². The molecule has 2 aliphatic carbocycles. The van der Waals surface area contributed by atoms with Gasteiger partial charge in [0.15, 0.2) is 0 Å². The molecule has 3 aliphatic rings. The van der Waals surface area contributed by atoms with Crippen LogP contribution in [0.25, 0.3) is 10.8 Å². The maximum atomic E-state index is 12.6. The summed E-state index contributed by atoms with van der Waals surface area (Å²) in [6.45, 7) is 1.34. The van der Waals surface area contributed by atoms with Gasteiger partial charge in [0.2, 0.25) is 0 Å². The Labute approximate surface area is 188 Å². The van der Waals surface area contributed by atoms with Gasteiger partial charge in [0.05, 0.1) is 18.4 Å². The average Bonchev–Trinajstić information content (AvgIpc) is 3.48. The van der Waals surface area contributed by atoms with Gasteiger partial charge in [0.1, 0.15) is 0 Å². The predicted octanol–water partition coefficient (Wildman–Crippen LogP) is 4.52. The fourth-order valence-corrected chi connectivity index (χ4v) is 5.63. The summed E-state index contributed by atoms with van der Waals surface area (Å²) in [4.78, 5) is 30.8. The molecule has 5 rings (SSSR count). The van der Waals surface area contributed by atoms with Crippen molar-refractivity contribution >= 4 is 34.0 Å². The van der Waals surface area contributed by atoms with Crippen LogP contribution in [0.4, 0.5) is 11.4 Å². The van der Waals surface area contributed by atoms with E-state index >= 15 is 0 Å². The number of nitrogens with zero attached hydrogens (tertiary/aromatic N) is 1. The van der Waals surface area contributed by atoms with Crippen molar-refractivity contribution < 1.29 is 14.4 Å². The van der Waals surface area contributed by atoms with Gasteiger partial charge < -0.3 is 11.1 Å². The highest BCUT2D eigenvalue weighted by atomic mass is 16.7. The van der Waals surface area contributed by atoms with Crippen molar-refractivity contribution in [3.05, 3.63) is 48.6 Å². The Balaban J connectivity index is 0.975. The number of benzene rings is 2. The van der Waals surface area contributed by atoms with E-state index in [0.29, 0.717) is 6.61 Å². The van der Waals surface area contributed by atoms with Gasteiger partial charge in [-0.2, -0.15) is 5.06 Å². The molecule has 1 heterocycles. The van der Waals surface area contributed by atoms with Crippen LogP contribution < -0.4 is 11.1 Å².